The van der Waals surface area contributed by atoms with E-state index in [4.69, 9.17) is 18.9 Å². The second-order valence-electron chi connectivity index (χ2n) is 9.67. The van der Waals surface area contributed by atoms with Gasteiger partial charge >= 0.3 is 11.9 Å². The van der Waals surface area contributed by atoms with Gasteiger partial charge in [0.05, 0.1) is 26.2 Å². The number of hydrogen-bond acceptors (Lipinski definition) is 7. The van der Waals surface area contributed by atoms with E-state index in [2.05, 4.69) is 0 Å². The molecule has 2 aliphatic rings. The number of benzene rings is 1. The minimum absolute atomic E-state index is 0.0178. The van der Waals surface area contributed by atoms with Crippen LogP contribution in [0.1, 0.15) is 58.4 Å². The molecule has 0 spiro atoms. The standard InChI is InChI=1S/C26H34O7/c1-26(2,3)33-24(28)7-5-6-18(27)10-13-20-21-14-25(29)32-23(21)15-22(20)31-16-17-8-11-19(30-4)12-9-17/h8-13,20-23H,5-7,14-16H2,1-4H3/b13-10+/t20-,21+,22+,23-/m0/s1. The quantitative estimate of drug-likeness (QED) is 0.384. The molecule has 1 saturated heterocycles. The number of ketones is 1. The third-order valence-corrected chi connectivity index (χ3v) is 5.90. The lowest BCUT2D eigenvalue weighted by Gasteiger charge is -2.20. The molecule has 33 heavy (non-hydrogen) atoms. The van der Waals surface area contributed by atoms with Gasteiger partial charge in [-0.1, -0.05) is 18.2 Å². The third kappa shape index (κ3) is 7.42. The van der Waals surface area contributed by atoms with Crippen molar-refractivity contribution in [2.24, 2.45) is 11.8 Å². The molecule has 3 rings (SSSR count). The van der Waals surface area contributed by atoms with Gasteiger partial charge in [-0.05, 0) is 51.0 Å². The summed E-state index contributed by atoms with van der Waals surface area (Å²) in [6, 6.07) is 7.68. The molecule has 1 aliphatic carbocycles. The second kappa shape index (κ2) is 11.0. The van der Waals surface area contributed by atoms with E-state index in [9.17, 15) is 14.4 Å². The zero-order chi connectivity index (χ0) is 24.0. The molecule has 0 radical (unpaired) electrons. The van der Waals surface area contributed by atoms with E-state index in [1.165, 1.54) is 0 Å². The molecule has 0 aromatic heterocycles. The first-order valence-electron chi connectivity index (χ1n) is 11.5. The van der Waals surface area contributed by atoms with Crippen LogP contribution in [0.25, 0.3) is 0 Å². The van der Waals surface area contributed by atoms with Crippen LogP contribution in [0.5, 0.6) is 5.75 Å². The van der Waals surface area contributed by atoms with Crippen LogP contribution in [0.3, 0.4) is 0 Å². The van der Waals surface area contributed by atoms with E-state index in [0.29, 0.717) is 25.9 Å². The summed E-state index contributed by atoms with van der Waals surface area (Å²) >= 11 is 0. The van der Waals surface area contributed by atoms with Crippen LogP contribution in [-0.2, 0) is 35.2 Å². The van der Waals surface area contributed by atoms with Gasteiger partial charge in [0.1, 0.15) is 17.5 Å². The van der Waals surface area contributed by atoms with Crippen LogP contribution in [0, 0.1) is 11.8 Å². The number of esters is 2. The van der Waals surface area contributed by atoms with Gasteiger partial charge in [-0.15, -0.1) is 0 Å². The molecule has 2 fully saturated rings. The van der Waals surface area contributed by atoms with Crippen molar-refractivity contribution in [3.8, 4) is 5.75 Å². The molecular weight excluding hydrogens is 424 g/mol. The van der Waals surface area contributed by atoms with Crippen molar-refractivity contribution in [1.82, 2.24) is 0 Å². The monoisotopic (exact) mass is 458 g/mol. The lowest BCUT2D eigenvalue weighted by molar-refractivity contribution is -0.155. The maximum Gasteiger partial charge on any atom is 0.306 e. The second-order valence-corrected chi connectivity index (χ2v) is 9.67. The van der Waals surface area contributed by atoms with Gasteiger partial charge in [0, 0.05) is 31.1 Å². The Hall–Kier alpha value is -2.67. The summed E-state index contributed by atoms with van der Waals surface area (Å²) in [6.45, 7) is 5.88. The fourth-order valence-corrected chi connectivity index (χ4v) is 4.37. The average molecular weight is 459 g/mol. The molecule has 1 aliphatic heterocycles. The number of carbonyl (C=O) groups excluding carboxylic acids is 3. The fourth-order valence-electron chi connectivity index (χ4n) is 4.37. The number of rotatable bonds is 10. The zero-order valence-corrected chi connectivity index (χ0v) is 19.9. The lowest BCUT2D eigenvalue weighted by atomic mass is 9.91. The summed E-state index contributed by atoms with van der Waals surface area (Å²) in [6.07, 6.45) is 4.99. The van der Waals surface area contributed by atoms with Crippen LogP contribution in [0.4, 0.5) is 0 Å². The minimum Gasteiger partial charge on any atom is -0.497 e. The molecule has 7 heteroatoms. The summed E-state index contributed by atoms with van der Waals surface area (Å²) in [5.41, 5.74) is 0.493. The molecule has 1 aromatic carbocycles. The van der Waals surface area contributed by atoms with E-state index >= 15 is 0 Å². The molecule has 0 unspecified atom stereocenters. The molecule has 180 valence electrons. The van der Waals surface area contributed by atoms with Crippen molar-refractivity contribution in [3.05, 3.63) is 42.0 Å². The predicted octanol–water partition coefficient (Wildman–Crippen LogP) is 4.17. The number of allylic oxidation sites excluding steroid dienone is 1. The molecule has 1 heterocycles. The van der Waals surface area contributed by atoms with Crippen molar-refractivity contribution in [1.29, 1.82) is 0 Å². The Morgan fingerprint density at radius 1 is 1.15 bits per heavy atom. The number of fused-ring (bicyclic) bond motifs is 1. The summed E-state index contributed by atoms with van der Waals surface area (Å²) in [5.74, 6) is 0.180. The Labute approximate surface area is 195 Å². The SMILES string of the molecule is COc1ccc(CO[C@@H]2C[C@@H]3OC(=O)C[C@@H]3[C@@H]2/C=C/C(=O)CCCC(=O)OC(C)(C)C)cc1. The Morgan fingerprint density at radius 3 is 2.55 bits per heavy atom. The van der Waals surface area contributed by atoms with Crippen molar-refractivity contribution >= 4 is 17.7 Å². The number of carbonyl (C=O) groups is 3. The Bertz CT molecular complexity index is 866. The Kier molecular flexibility index (Phi) is 8.30. The fraction of sp³-hybridized carbons (Fsp3) is 0.577. The van der Waals surface area contributed by atoms with Gasteiger partial charge in [-0.2, -0.15) is 0 Å². The Morgan fingerprint density at radius 2 is 1.88 bits per heavy atom. The summed E-state index contributed by atoms with van der Waals surface area (Å²) in [4.78, 5) is 36.0. The van der Waals surface area contributed by atoms with Gasteiger partial charge in [-0.25, -0.2) is 0 Å². The van der Waals surface area contributed by atoms with Gasteiger partial charge < -0.3 is 18.9 Å². The summed E-state index contributed by atoms with van der Waals surface area (Å²) in [5, 5.41) is 0. The zero-order valence-electron chi connectivity index (χ0n) is 19.9. The van der Waals surface area contributed by atoms with Crippen molar-refractivity contribution in [2.75, 3.05) is 7.11 Å². The molecule has 1 saturated carbocycles. The van der Waals surface area contributed by atoms with E-state index in [1.807, 2.05) is 51.1 Å². The molecule has 1 aromatic rings. The van der Waals surface area contributed by atoms with Crippen molar-refractivity contribution < 1.29 is 33.3 Å². The van der Waals surface area contributed by atoms with Crippen molar-refractivity contribution in [3.63, 3.8) is 0 Å². The molecule has 7 nitrogen and oxygen atoms in total. The van der Waals surface area contributed by atoms with Crippen LogP contribution in [-0.4, -0.2) is 42.6 Å². The van der Waals surface area contributed by atoms with E-state index < -0.39 is 5.60 Å². The molecule has 4 atom stereocenters. The highest BCUT2D eigenvalue weighted by atomic mass is 16.6. The molecule has 0 N–H and O–H groups in total. The first-order chi connectivity index (χ1) is 15.6. The summed E-state index contributed by atoms with van der Waals surface area (Å²) < 4.78 is 22.1. The van der Waals surface area contributed by atoms with Crippen LogP contribution in [0.15, 0.2) is 36.4 Å². The van der Waals surface area contributed by atoms with E-state index in [1.54, 1.807) is 13.2 Å². The average Bonchev–Trinajstić information content (AvgIpc) is 3.25. The van der Waals surface area contributed by atoms with Gasteiger partial charge in [0.15, 0.2) is 5.78 Å². The maximum atomic E-state index is 12.4. The van der Waals surface area contributed by atoms with E-state index in [-0.39, 0.29) is 54.6 Å². The normalized spacial score (nSPS) is 24.5. The largest absolute Gasteiger partial charge is 0.497 e. The molecule has 0 bridgehead atoms. The van der Waals surface area contributed by atoms with Gasteiger partial charge in [-0.3, -0.25) is 14.4 Å². The third-order valence-electron chi connectivity index (χ3n) is 5.90. The number of ether oxygens (including phenoxy) is 4. The topological polar surface area (TPSA) is 88.1 Å². The first kappa shape index (κ1) is 25.0. The predicted molar refractivity (Wildman–Crippen MR) is 122 cm³/mol. The van der Waals surface area contributed by atoms with E-state index in [0.717, 1.165) is 11.3 Å². The smallest absolute Gasteiger partial charge is 0.306 e. The van der Waals surface area contributed by atoms with Gasteiger partial charge in [0.2, 0.25) is 0 Å². The van der Waals surface area contributed by atoms with Crippen molar-refractivity contribution in [2.45, 2.75) is 77.3 Å². The van der Waals surface area contributed by atoms with Crippen LogP contribution >= 0.6 is 0 Å². The number of hydrogen-bond donors (Lipinski definition) is 0. The molecular formula is C26H34O7. The minimum atomic E-state index is -0.526. The van der Waals surface area contributed by atoms with Gasteiger partial charge in [0.25, 0.3) is 0 Å². The Balaban J connectivity index is 1.54. The lowest BCUT2D eigenvalue weighted by Crippen LogP contribution is -2.23. The summed E-state index contributed by atoms with van der Waals surface area (Å²) in [7, 11) is 1.62. The maximum absolute atomic E-state index is 12.4. The first-order valence-corrected chi connectivity index (χ1v) is 11.5. The van der Waals surface area contributed by atoms with Crippen LogP contribution in [0.2, 0.25) is 0 Å². The highest BCUT2D eigenvalue weighted by Gasteiger charge is 2.49. The van der Waals surface area contributed by atoms with Crippen LogP contribution < -0.4 is 4.74 Å². The highest BCUT2D eigenvalue weighted by Crippen LogP contribution is 2.43. The number of methoxy groups -OCH3 is 1. The molecule has 0 amide bonds. The highest BCUT2D eigenvalue weighted by molar-refractivity contribution is 5.89.